The molecule has 0 bridgehead atoms. The van der Waals surface area contributed by atoms with Crippen molar-refractivity contribution in [3.05, 3.63) is 68.9 Å². The van der Waals surface area contributed by atoms with Gasteiger partial charge in [-0.15, -0.1) is 0 Å². The number of rotatable bonds is 4. The number of halogens is 3. The molecular weight excluding hydrogens is 341 g/mol. The van der Waals surface area contributed by atoms with Crippen LogP contribution in [-0.2, 0) is 6.54 Å². The van der Waals surface area contributed by atoms with E-state index in [1.54, 1.807) is 0 Å². The number of hydrogen-bond donors (Lipinski definition) is 0. The molecule has 0 aliphatic carbocycles. The summed E-state index contributed by atoms with van der Waals surface area (Å²) in [5.41, 5.74) is 1.85. The molecule has 0 aromatic heterocycles. The zero-order valence-electron chi connectivity index (χ0n) is 11.4. The average molecular weight is 357 g/mol. The van der Waals surface area contributed by atoms with Crippen molar-refractivity contribution in [1.29, 1.82) is 0 Å². The van der Waals surface area contributed by atoms with Crippen molar-refractivity contribution in [3.8, 4) is 0 Å². The highest BCUT2D eigenvalue weighted by atomic mass is 79.9. The van der Waals surface area contributed by atoms with Gasteiger partial charge in [0.15, 0.2) is 0 Å². The Hall–Kier alpha value is -0.900. The summed E-state index contributed by atoms with van der Waals surface area (Å²) in [5.74, 6) is -0.186. The van der Waals surface area contributed by atoms with Gasteiger partial charge in [-0.3, -0.25) is 4.90 Å². The topological polar surface area (TPSA) is 3.24 Å². The first-order valence-electron chi connectivity index (χ1n) is 6.37. The van der Waals surface area contributed by atoms with E-state index in [-0.39, 0.29) is 11.9 Å². The van der Waals surface area contributed by atoms with Crippen molar-refractivity contribution in [2.45, 2.75) is 19.5 Å². The van der Waals surface area contributed by atoms with Crippen LogP contribution in [-0.4, -0.2) is 11.9 Å². The minimum absolute atomic E-state index is 0.186. The van der Waals surface area contributed by atoms with Gasteiger partial charge in [-0.25, -0.2) is 4.39 Å². The van der Waals surface area contributed by atoms with Crippen molar-refractivity contribution in [2.24, 2.45) is 0 Å². The Morgan fingerprint density at radius 2 is 1.85 bits per heavy atom. The van der Waals surface area contributed by atoms with Crippen molar-refractivity contribution in [2.75, 3.05) is 7.05 Å². The van der Waals surface area contributed by atoms with E-state index in [2.05, 4.69) is 27.8 Å². The second kappa shape index (κ2) is 6.70. The minimum Gasteiger partial charge on any atom is -0.295 e. The van der Waals surface area contributed by atoms with Crippen LogP contribution in [0.25, 0.3) is 0 Å². The molecule has 106 valence electrons. The lowest BCUT2D eigenvalue weighted by atomic mass is 10.1. The van der Waals surface area contributed by atoms with Crippen LogP contribution in [0.2, 0.25) is 5.02 Å². The first-order valence-corrected chi connectivity index (χ1v) is 7.54. The summed E-state index contributed by atoms with van der Waals surface area (Å²) >= 11 is 9.16. The van der Waals surface area contributed by atoms with Gasteiger partial charge in [-0.1, -0.05) is 45.7 Å². The van der Waals surface area contributed by atoms with E-state index < -0.39 is 0 Å². The second-order valence-corrected chi connectivity index (χ2v) is 6.23. The summed E-state index contributed by atoms with van der Waals surface area (Å²) in [6.45, 7) is 2.66. The SMILES string of the molecule is CC(c1ccc(Cl)cc1)N(C)Cc1ccc(Br)cc1F. The lowest BCUT2D eigenvalue weighted by Gasteiger charge is -2.25. The van der Waals surface area contributed by atoms with Crippen LogP contribution in [0.4, 0.5) is 4.39 Å². The van der Waals surface area contributed by atoms with Gasteiger partial charge >= 0.3 is 0 Å². The summed E-state index contributed by atoms with van der Waals surface area (Å²) in [6, 6.07) is 13.1. The molecule has 1 nitrogen and oxygen atoms in total. The number of benzene rings is 2. The van der Waals surface area contributed by atoms with Crippen molar-refractivity contribution in [1.82, 2.24) is 4.90 Å². The Morgan fingerprint density at radius 1 is 1.20 bits per heavy atom. The fraction of sp³-hybridized carbons (Fsp3) is 0.250. The van der Waals surface area contributed by atoms with Gasteiger partial charge in [-0.2, -0.15) is 0 Å². The predicted octanol–water partition coefficient (Wildman–Crippen LogP) is 5.43. The van der Waals surface area contributed by atoms with Gasteiger partial charge in [0.1, 0.15) is 5.82 Å². The largest absolute Gasteiger partial charge is 0.295 e. The highest BCUT2D eigenvalue weighted by molar-refractivity contribution is 9.10. The summed E-state index contributed by atoms with van der Waals surface area (Å²) in [4.78, 5) is 2.11. The molecule has 1 atom stereocenters. The molecule has 2 aromatic rings. The molecule has 0 aliphatic heterocycles. The molecule has 0 radical (unpaired) electrons. The van der Waals surface area contributed by atoms with Gasteiger partial charge < -0.3 is 0 Å². The summed E-state index contributed by atoms with van der Waals surface area (Å²) < 4.78 is 14.6. The van der Waals surface area contributed by atoms with Crippen LogP contribution in [0.5, 0.6) is 0 Å². The van der Waals surface area contributed by atoms with E-state index in [1.807, 2.05) is 43.4 Å². The number of nitrogens with zero attached hydrogens (tertiary/aromatic N) is 1. The fourth-order valence-electron chi connectivity index (χ4n) is 2.05. The quantitative estimate of drug-likeness (QED) is 0.705. The Kier molecular flexibility index (Phi) is 5.19. The van der Waals surface area contributed by atoms with E-state index in [4.69, 9.17) is 11.6 Å². The van der Waals surface area contributed by atoms with Crippen LogP contribution >= 0.6 is 27.5 Å². The van der Waals surface area contributed by atoms with Gasteiger partial charge in [0.25, 0.3) is 0 Å². The second-order valence-electron chi connectivity index (χ2n) is 4.88. The summed E-state index contributed by atoms with van der Waals surface area (Å²) in [6.07, 6.45) is 0. The first kappa shape index (κ1) is 15.5. The van der Waals surface area contributed by atoms with Crippen molar-refractivity contribution < 1.29 is 4.39 Å². The fourth-order valence-corrected chi connectivity index (χ4v) is 2.51. The Balaban J connectivity index is 2.11. The standard InChI is InChI=1S/C16H16BrClFN/c1-11(12-4-7-15(18)8-5-12)20(2)10-13-3-6-14(17)9-16(13)19/h3-9,11H,10H2,1-2H3. The molecule has 4 heteroatoms. The molecule has 0 heterocycles. The first-order chi connectivity index (χ1) is 9.47. The summed E-state index contributed by atoms with van der Waals surface area (Å²) in [7, 11) is 1.99. The Bertz CT molecular complexity index is 586. The third-order valence-corrected chi connectivity index (χ3v) is 4.19. The van der Waals surface area contributed by atoms with E-state index in [0.717, 1.165) is 15.1 Å². The Morgan fingerprint density at radius 3 is 2.45 bits per heavy atom. The third-order valence-electron chi connectivity index (χ3n) is 3.45. The van der Waals surface area contributed by atoms with E-state index in [1.165, 1.54) is 6.07 Å². The van der Waals surface area contributed by atoms with Crippen molar-refractivity contribution in [3.63, 3.8) is 0 Å². The van der Waals surface area contributed by atoms with Gasteiger partial charge in [0, 0.05) is 27.6 Å². The molecule has 2 rings (SSSR count). The molecule has 1 unspecified atom stereocenters. The van der Waals surface area contributed by atoms with Crippen LogP contribution in [0.15, 0.2) is 46.9 Å². The van der Waals surface area contributed by atoms with Crippen LogP contribution in [0.1, 0.15) is 24.1 Å². The maximum Gasteiger partial charge on any atom is 0.128 e. The van der Waals surface area contributed by atoms with Gasteiger partial charge in [0.05, 0.1) is 0 Å². The monoisotopic (exact) mass is 355 g/mol. The Labute approximate surface area is 132 Å². The number of hydrogen-bond acceptors (Lipinski definition) is 1. The van der Waals surface area contributed by atoms with Crippen molar-refractivity contribution >= 4 is 27.5 Å². The third kappa shape index (κ3) is 3.81. The molecule has 0 fully saturated rings. The molecule has 20 heavy (non-hydrogen) atoms. The lowest BCUT2D eigenvalue weighted by Crippen LogP contribution is -2.22. The molecule has 0 aliphatic rings. The van der Waals surface area contributed by atoms with Crippen LogP contribution in [0, 0.1) is 5.82 Å². The predicted molar refractivity (Wildman–Crippen MR) is 85.4 cm³/mol. The van der Waals surface area contributed by atoms with E-state index in [9.17, 15) is 4.39 Å². The van der Waals surface area contributed by atoms with E-state index >= 15 is 0 Å². The van der Waals surface area contributed by atoms with E-state index in [0.29, 0.717) is 12.1 Å². The van der Waals surface area contributed by atoms with Crippen LogP contribution < -0.4 is 0 Å². The smallest absolute Gasteiger partial charge is 0.128 e. The molecular formula is C16H16BrClFN. The maximum absolute atomic E-state index is 13.9. The normalized spacial score (nSPS) is 12.7. The molecule has 0 saturated carbocycles. The molecule has 0 amide bonds. The summed E-state index contributed by atoms with van der Waals surface area (Å²) in [5, 5.41) is 0.725. The minimum atomic E-state index is -0.186. The molecule has 0 spiro atoms. The maximum atomic E-state index is 13.9. The van der Waals surface area contributed by atoms with Gasteiger partial charge in [-0.05, 0) is 43.8 Å². The highest BCUT2D eigenvalue weighted by Gasteiger charge is 2.14. The lowest BCUT2D eigenvalue weighted by molar-refractivity contribution is 0.249. The highest BCUT2D eigenvalue weighted by Crippen LogP contribution is 2.24. The zero-order valence-corrected chi connectivity index (χ0v) is 13.7. The molecule has 2 aromatic carbocycles. The molecule has 0 saturated heterocycles. The zero-order chi connectivity index (χ0) is 14.7. The van der Waals surface area contributed by atoms with Crippen LogP contribution in [0.3, 0.4) is 0 Å². The molecule has 0 N–H and O–H groups in total. The average Bonchev–Trinajstić information content (AvgIpc) is 2.42. The van der Waals surface area contributed by atoms with Gasteiger partial charge in [0.2, 0.25) is 0 Å².